The summed E-state index contributed by atoms with van der Waals surface area (Å²) in [6, 6.07) is 9.30. The number of nitrogens with one attached hydrogen (secondary N) is 1. The van der Waals surface area contributed by atoms with E-state index in [1.54, 1.807) is 6.07 Å². The maximum absolute atomic E-state index is 13.3. The van der Waals surface area contributed by atoms with Crippen LogP contribution in [0.2, 0.25) is 0 Å². The Labute approximate surface area is 149 Å². The highest BCUT2D eigenvalue weighted by atomic mass is 19.2. The number of hydrogen-bond donors (Lipinski definition) is 1. The Morgan fingerprint density at radius 2 is 1.88 bits per heavy atom. The van der Waals surface area contributed by atoms with Crippen molar-refractivity contribution in [3.05, 3.63) is 59.9 Å². The van der Waals surface area contributed by atoms with E-state index in [0.29, 0.717) is 24.5 Å². The number of hydrogen-bond acceptors (Lipinski definition) is 3. The lowest BCUT2D eigenvalue weighted by Crippen LogP contribution is -2.34. The van der Waals surface area contributed by atoms with Crippen LogP contribution in [0.1, 0.15) is 6.42 Å². The molecule has 0 spiro atoms. The summed E-state index contributed by atoms with van der Waals surface area (Å²) in [6.07, 6.45) is 0.845. The summed E-state index contributed by atoms with van der Waals surface area (Å²) in [7, 11) is 0. The van der Waals surface area contributed by atoms with Crippen LogP contribution in [-0.4, -0.2) is 32.1 Å². The molecule has 7 heteroatoms. The number of ether oxygens (including phenoxy) is 1. The van der Waals surface area contributed by atoms with Crippen molar-refractivity contribution in [2.75, 3.05) is 31.1 Å². The van der Waals surface area contributed by atoms with Gasteiger partial charge in [0.2, 0.25) is 0 Å². The van der Waals surface area contributed by atoms with Crippen molar-refractivity contribution in [3.8, 4) is 5.75 Å². The SMILES string of the molecule is O=C(COc1ccc(F)cc1)NCC1CCN(c2ccc(F)c(F)c2)C1. The molecule has 138 valence electrons. The predicted octanol–water partition coefficient (Wildman–Crippen LogP) is 3.13. The van der Waals surface area contributed by atoms with E-state index in [2.05, 4.69) is 5.32 Å². The van der Waals surface area contributed by atoms with Gasteiger partial charge in [-0.15, -0.1) is 0 Å². The Balaban J connectivity index is 1.41. The van der Waals surface area contributed by atoms with E-state index >= 15 is 0 Å². The summed E-state index contributed by atoms with van der Waals surface area (Å²) < 4.78 is 44.4. The van der Waals surface area contributed by atoms with Crippen molar-refractivity contribution in [1.82, 2.24) is 5.32 Å². The highest BCUT2D eigenvalue weighted by Crippen LogP contribution is 2.25. The number of rotatable bonds is 6. The van der Waals surface area contributed by atoms with Gasteiger partial charge >= 0.3 is 0 Å². The molecule has 0 radical (unpaired) electrons. The Morgan fingerprint density at radius 1 is 1.12 bits per heavy atom. The minimum absolute atomic E-state index is 0.148. The molecule has 2 aromatic carbocycles. The lowest BCUT2D eigenvalue weighted by Gasteiger charge is -2.19. The normalized spacial score (nSPS) is 16.6. The van der Waals surface area contributed by atoms with Gasteiger partial charge in [-0.3, -0.25) is 4.79 Å². The van der Waals surface area contributed by atoms with Crippen LogP contribution in [0.3, 0.4) is 0 Å². The largest absolute Gasteiger partial charge is 0.484 e. The Morgan fingerprint density at radius 3 is 2.62 bits per heavy atom. The van der Waals surface area contributed by atoms with Gasteiger partial charge in [-0.2, -0.15) is 0 Å². The fourth-order valence-corrected chi connectivity index (χ4v) is 2.90. The molecule has 1 saturated heterocycles. The van der Waals surface area contributed by atoms with Gasteiger partial charge in [-0.25, -0.2) is 13.2 Å². The molecule has 0 aromatic heterocycles. The topological polar surface area (TPSA) is 41.6 Å². The summed E-state index contributed by atoms with van der Waals surface area (Å²) in [5, 5.41) is 2.80. The summed E-state index contributed by atoms with van der Waals surface area (Å²) in [5.74, 6) is -1.71. The maximum atomic E-state index is 13.3. The van der Waals surface area contributed by atoms with E-state index in [1.807, 2.05) is 4.90 Å². The molecule has 2 aromatic rings. The molecule has 26 heavy (non-hydrogen) atoms. The van der Waals surface area contributed by atoms with E-state index in [4.69, 9.17) is 4.74 Å². The third kappa shape index (κ3) is 4.68. The molecule has 0 aliphatic carbocycles. The molecular weight excluding hydrogens is 345 g/mol. The first-order chi connectivity index (χ1) is 12.5. The fourth-order valence-electron chi connectivity index (χ4n) is 2.90. The number of carbonyl (C=O) groups excluding carboxylic acids is 1. The van der Waals surface area contributed by atoms with Gasteiger partial charge in [0.15, 0.2) is 18.2 Å². The smallest absolute Gasteiger partial charge is 0.257 e. The standard InChI is InChI=1S/C19H19F3N2O2/c20-14-1-4-16(5-2-14)26-12-19(25)23-10-13-7-8-24(11-13)15-3-6-17(21)18(22)9-15/h1-6,9,13H,7-8,10-12H2,(H,23,25). The van der Waals surface area contributed by atoms with E-state index in [-0.39, 0.29) is 24.2 Å². The molecule has 1 amide bonds. The van der Waals surface area contributed by atoms with Gasteiger partial charge in [-0.05, 0) is 48.7 Å². The van der Waals surface area contributed by atoms with Gasteiger partial charge in [0, 0.05) is 31.4 Å². The van der Waals surface area contributed by atoms with Crippen LogP contribution in [-0.2, 0) is 4.79 Å². The van der Waals surface area contributed by atoms with Crippen molar-refractivity contribution in [2.45, 2.75) is 6.42 Å². The molecular formula is C19H19F3N2O2. The number of benzene rings is 2. The third-order valence-electron chi connectivity index (χ3n) is 4.33. The molecule has 1 N–H and O–H groups in total. The lowest BCUT2D eigenvalue weighted by atomic mass is 10.1. The van der Waals surface area contributed by atoms with Crippen LogP contribution in [0, 0.1) is 23.4 Å². The monoisotopic (exact) mass is 364 g/mol. The molecule has 1 atom stereocenters. The molecule has 4 nitrogen and oxygen atoms in total. The Hall–Kier alpha value is -2.70. The second kappa shape index (κ2) is 8.12. The average Bonchev–Trinajstić information content (AvgIpc) is 3.11. The molecule has 0 bridgehead atoms. The van der Waals surface area contributed by atoms with Crippen LogP contribution in [0.4, 0.5) is 18.9 Å². The number of nitrogens with zero attached hydrogens (tertiary/aromatic N) is 1. The molecule has 1 aliphatic rings. The molecule has 1 unspecified atom stereocenters. The first kappa shape index (κ1) is 18.1. The van der Waals surface area contributed by atoms with Crippen molar-refractivity contribution in [2.24, 2.45) is 5.92 Å². The van der Waals surface area contributed by atoms with Crippen molar-refractivity contribution in [3.63, 3.8) is 0 Å². The van der Waals surface area contributed by atoms with E-state index in [0.717, 1.165) is 19.0 Å². The van der Waals surface area contributed by atoms with Crippen LogP contribution in [0.25, 0.3) is 0 Å². The Kier molecular flexibility index (Phi) is 5.65. The van der Waals surface area contributed by atoms with Crippen LogP contribution >= 0.6 is 0 Å². The molecule has 1 fully saturated rings. The van der Waals surface area contributed by atoms with Gasteiger partial charge in [0.25, 0.3) is 5.91 Å². The highest BCUT2D eigenvalue weighted by molar-refractivity contribution is 5.77. The fraction of sp³-hybridized carbons (Fsp3) is 0.316. The van der Waals surface area contributed by atoms with Gasteiger partial charge < -0.3 is 15.0 Å². The lowest BCUT2D eigenvalue weighted by molar-refractivity contribution is -0.123. The van der Waals surface area contributed by atoms with Gasteiger partial charge in [-0.1, -0.05) is 0 Å². The number of halogens is 3. The molecule has 1 heterocycles. The van der Waals surface area contributed by atoms with Crippen LogP contribution in [0.5, 0.6) is 5.75 Å². The Bertz CT molecular complexity index is 768. The number of carbonyl (C=O) groups is 1. The zero-order valence-electron chi connectivity index (χ0n) is 14.1. The minimum atomic E-state index is -0.864. The first-order valence-electron chi connectivity index (χ1n) is 8.36. The van der Waals surface area contributed by atoms with E-state index in [9.17, 15) is 18.0 Å². The molecule has 1 aliphatic heterocycles. The summed E-state index contributed by atoms with van der Waals surface area (Å²) >= 11 is 0. The predicted molar refractivity (Wildman–Crippen MR) is 91.6 cm³/mol. The summed E-state index contributed by atoms with van der Waals surface area (Å²) in [4.78, 5) is 13.8. The molecule has 0 saturated carbocycles. The average molecular weight is 364 g/mol. The van der Waals surface area contributed by atoms with Crippen molar-refractivity contribution >= 4 is 11.6 Å². The van der Waals surface area contributed by atoms with E-state index in [1.165, 1.54) is 30.3 Å². The van der Waals surface area contributed by atoms with Crippen LogP contribution in [0.15, 0.2) is 42.5 Å². The van der Waals surface area contributed by atoms with E-state index < -0.39 is 11.6 Å². The van der Waals surface area contributed by atoms with Gasteiger partial charge in [0.05, 0.1) is 0 Å². The van der Waals surface area contributed by atoms with Gasteiger partial charge in [0.1, 0.15) is 11.6 Å². The zero-order chi connectivity index (χ0) is 18.5. The van der Waals surface area contributed by atoms with Crippen molar-refractivity contribution in [1.29, 1.82) is 0 Å². The third-order valence-corrected chi connectivity index (χ3v) is 4.33. The quantitative estimate of drug-likeness (QED) is 0.856. The minimum Gasteiger partial charge on any atom is -0.484 e. The number of anilines is 1. The van der Waals surface area contributed by atoms with Crippen LogP contribution < -0.4 is 15.0 Å². The second-order valence-electron chi connectivity index (χ2n) is 6.25. The zero-order valence-corrected chi connectivity index (χ0v) is 14.1. The maximum Gasteiger partial charge on any atom is 0.257 e. The summed E-state index contributed by atoms with van der Waals surface area (Å²) in [5.41, 5.74) is 0.636. The number of amides is 1. The summed E-state index contributed by atoms with van der Waals surface area (Å²) in [6.45, 7) is 1.71. The second-order valence-corrected chi connectivity index (χ2v) is 6.25. The first-order valence-corrected chi connectivity index (χ1v) is 8.36. The van der Waals surface area contributed by atoms with Crippen molar-refractivity contribution < 1.29 is 22.7 Å². The molecule has 3 rings (SSSR count). The highest BCUT2D eigenvalue weighted by Gasteiger charge is 2.23.